The maximum absolute atomic E-state index is 11.3. The zero-order chi connectivity index (χ0) is 12.6. The second-order valence-electron chi connectivity index (χ2n) is 4.84. The number of carbonyl (C=O) groups is 1. The minimum atomic E-state index is -0.541. The van der Waals surface area contributed by atoms with E-state index < -0.39 is 5.60 Å². The van der Waals surface area contributed by atoms with Crippen LogP contribution >= 0.6 is 0 Å². The molecule has 1 aliphatic rings. The fourth-order valence-electron chi connectivity index (χ4n) is 2.26. The molecule has 3 heteroatoms. The monoisotopic (exact) mass is 234 g/mol. The molecule has 3 nitrogen and oxygen atoms in total. The normalized spacial score (nSPS) is 23.6. The molecule has 1 aromatic rings. The van der Waals surface area contributed by atoms with Crippen LogP contribution < -0.4 is 4.74 Å². The van der Waals surface area contributed by atoms with E-state index in [9.17, 15) is 4.79 Å². The molecule has 1 heterocycles. The first-order chi connectivity index (χ1) is 7.96. The summed E-state index contributed by atoms with van der Waals surface area (Å²) in [4.78, 5) is 11.3. The van der Waals surface area contributed by atoms with Gasteiger partial charge in [-0.2, -0.15) is 0 Å². The van der Waals surface area contributed by atoms with Gasteiger partial charge in [0.25, 0.3) is 0 Å². The Labute approximate surface area is 102 Å². The van der Waals surface area contributed by atoms with Crippen LogP contribution in [-0.2, 0) is 15.1 Å². The molecule has 0 amide bonds. The molecule has 1 aromatic carbocycles. The molecule has 1 unspecified atom stereocenters. The van der Waals surface area contributed by atoms with Crippen molar-refractivity contribution in [2.75, 3.05) is 7.11 Å². The Morgan fingerprint density at radius 3 is 2.47 bits per heavy atom. The van der Waals surface area contributed by atoms with Crippen molar-refractivity contribution in [3.63, 3.8) is 0 Å². The maximum atomic E-state index is 11.3. The van der Waals surface area contributed by atoms with Gasteiger partial charge in [0, 0.05) is 18.4 Å². The first kappa shape index (κ1) is 12.0. The van der Waals surface area contributed by atoms with Crippen LogP contribution in [0.4, 0.5) is 0 Å². The van der Waals surface area contributed by atoms with Crippen LogP contribution in [0.1, 0.15) is 36.5 Å². The smallest absolute Gasteiger partial charge is 0.306 e. The van der Waals surface area contributed by atoms with Gasteiger partial charge in [-0.15, -0.1) is 0 Å². The van der Waals surface area contributed by atoms with Gasteiger partial charge in [0.2, 0.25) is 0 Å². The van der Waals surface area contributed by atoms with E-state index in [1.807, 2.05) is 19.9 Å². The minimum Gasteiger partial charge on any atom is -0.496 e. The molecule has 1 atom stereocenters. The first-order valence-corrected chi connectivity index (χ1v) is 5.84. The molecular weight excluding hydrogens is 216 g/mol. The number of hydrogen-bond acceptors (Lipinski definition) is 3. The lowest BCUT2D eigenvalue weighted by atomic mass is 9.89. The predicted octanol–water partition coefficient (Wildman–Crippen LogP) is 2.86. The summed E-state index contributed by atoms with van der Waals surface area (Å²) in [6.45, 7) is 6.05. The highest BCUT2D eigenvalue weighted by molar-refractivity contribution is 5.73. The number of methoxy groups -OCH3 is 1. The molecular formula is C14H18O3. The van der Waals surface area contributed by atoms with Gasteiger partial charge in [-0.1, -0.05) is 0 Å². The lowest BCUT2D eigenvalue weighted by Crippen LogP contribution is -2.22. The Balaban J connectivity index is 2.51. The van der Waals surface area contributed by atoms with Gasteiger partial charge < -0.3 is 9.47 Å². The van der Waals surface area contributed by atoms with Crippen molar-refractivity contribution >= 4 is 5.97 Å². The number of benzene rings is 1. The fourth-order valence-corrected chi connectivity index (χ4v) is 2.26. The van der Waals surface area contributed by atoms with E-state index in [1.54, 1.807) is 7.11 Å². The number of rotatable bonds is 2. The number of cyclic esters (lactones) is 1. The zero-order valence-electron chi connectivity index (χ0n) is 10.8. The molecule has 0 radical (unpaired) electrons. The average molecular weight is 234 g/mol. The highest BCUT2D eigenvalue weighted by atomic mass is 16.6. The Kier molecular flexibility index (Phi) is 2.86. The van der Waals surface area contributed by atoms with Crippen LogP contribution in [0.3, 0.4) is 0 Å². The molecule has 0 spiro atoms. The molecule has 1 fully saturated rings. The van der Waals surface area contributed by atoms with Crippen molar-refractivity contribution in [3.05, 3.63) is 28.8 Å². The highest BCUT2D eigenvalue weighted by Crippen LogP contribution is 2.41. The van der Waals surface area contributed by atoms with Gasteiger partial charge in [0.15, 0.2) is 0 Å². The second-order valence-corrected chi connectivity index (χ2v) is 4.84. The first-order valence-electron chi connectivity index (χ1n) is 5.84. The van der Waals surface area contributed by atoms with E-state index in [0.29, 0.717) is 12.8 Å². The Morgan fingerprint density at radius 1 is 1.29 bits per heavy atom. The van der Waals surface area contributed by atoms with Crippen molar-refractivity contribution < 1.29 is 14.3 Å². The number of carbonyl (C=O) groups excluding carboxylic acids is 1. The average Bonchev–Trinajstić information content (AvgIpc) is 2.63. The molecule has 0 saturated carbocycles. The second kappa shape index (κ2) is 4.06. The van der Waals surface area contributed by atoms with Crippen molar-refractivity contribution in [3.8, 4) is 5.75 Å². The van der Waals surface area contributed by atoms with Crippen LogP contribution in [-0.4, -0.2) is 13.1 Å². The van der Waals surface area contributed by atoms with E-state index >= 15 is 0 Å². The SMILES string of the molecule is COc1cc(C)c(C)cc1C1(C)CCC(=O)O1. The third-order valence-corrected chi connectivity index (χ3v) is 3.53. The van der Waals surface area contributed by atoms with E-state index in [1.165, 1.54) is 11.1 Å². The summed E-state index contributed by atoms with van der Waals surface area (Å²) >= 11 is 0. The van der Waals surface area contributed by atoms with Crippen molar-refractivity contribution in [1.29, 1.82) is 0 Å². The topological polar surface area (TPSA) is 35.5 Å². The van der Waals surface area contributed by atoms with Gasteiger partial charge in [-0.25, -0.2) is 0 Å². The number of esters is 1. The quantitative estimate of drug-likeness (QED) is 0.738. The Morgan fingerprint density at radius 2 is 1.94 bits per heavy atom. The van der Waals surface area contributed by atoms with Gasteiger partial charge >= 0.3 is 5.97 Å². The van der Waals surface area contributed by atoms with E-state index in [2.05, 4.69) is 13.0 Å². The standard InChI is InChI=1S/C14H18O3/c1-9-7-11(12(16-4)8-10(9)2)14(3)6-5-13(15)17-14/h7-8H,5-6H2,1-4H3. The van der Waals surface area contributed by atoms with E-state index in [4.69, 9.17) is 9.47 Å². The zero-order valence-corrected chi connectivity index (χ0v) is 10.8. The largest absolute Gasteiger partial charge is 0.496 e. The summed E-state index contributed by atoms with van der Waals surface area (Å²) in [7, 11) is 1.65. The third kappa shape index (κ3) is 2.02. The van der Waals surface area contributed by atoms with Crippen molar-refractivity contribution in [1.82, 2.24) is 0 Å². The number of ether oxygens (including phenoxy) is 2. The number of hydrogen-bond donors (Lipinski definition) is 0. The summed E-state index contributed by atoms with van der Waals surface area (Å²) in [5, 5.41) is 0. The van der Waals surface area contributed by atoms with Crippen molar-refractivity contribution in [2.45, 2.75) is 39.2 Å². The lowest BCUT2D eigenvalue weighted by Gasteiger charge is -2.26. The fraction of sp³-hybridized carbons (Fsp3) is 0.500. The molecule has 0 bridgehead atoms. The minimum absolute atomic E-state index is 0.132. The maximum Gasteiger partial charge on any atom is 0.306 e. The molecule has 0 N–H and O–H groups in total. The molecule has 92 valence electrons. The summed E-state index contributed by atoms with van der Waals surface area (Å²) < 4.78 is 10.9. The molecule has 2 rings (SSSR count). The van der Waals surface area contributed by atoms with Crippen LogP contribution in [0.15, 0.2) is 12.1 Å². The van der Waals surface area contributed by atoms with Gasteiger partial charge in [0.05, 0.1) is 7.11 Å². The third-order valence-electron chi connectivity index (χ3n) is 3.53. The van der Waals surface area contributed by atoms with E-state index in [-0.39, 0.29) is 5.97 Å². The molecule has 0 aromatic heterocycles. The van der Waals surface area contributed by atoms with Crippen LogP contribution in [0.5, 0.6) is 5.75 Å². The van der Waals surface area contributed by atoms with Gasteiger partial charge in [0.1, 0.15) is 11.4 Å². The van der Waals surface area contributed by atoms with Gasteiger partial charge in [-0.3, -0.25) is 4.79 Å². The highest BCUT2D eigenvalue weighted by Gasteiger charge is 2.39. The van der Waals surface area contributed by atoms with Gasteiger partial charge in [-0.05, 0) is 44.0 Å². The van der Waals surface area contributed by atoms with Crippen molar-refractivity contribution in [2.24, 2.45) is 0 Å². The molecule has 0 aliphatic carbocycles. The lowest BCUT2D eigenvalue weighted by molar-refractivity contribution is -0.147. The number of aryl methyl sites for hydroxylation is 2. The summed E-state index contributed by atoms with van der Waals surface area (Å²) in [6.07, 6.45) is 1.19. The molecule has 17 heavy (non-hydrogen) atoms. The van der Waals surface area contributed by atoms with E-state index in [0.717, 1.165) is 11.3 Å². The Bertz CT molecular complexity index is 465. The predicted molar refractivity (Wildman–Crippen MR) is 65.1 cm³/mol. The van der Waals surface area contributed by atoms with Crippen LogP contribution in [0.2, 0.25) is 0 Å². The van der Waals surface area contributed by atoms with Crippen LogP contribution in [0.25, 0.3) is 0 Å². The molecule has 1 aliphatic heterocycles. The summed E-state index contributed by atoms with van der Waals surface area (Å²) in [5.74, 6) is 0.665. The molecule has 1 saturated heterocycles. The Hall–Kier alpha value is -1.51. The summed E-state index contributed by atoms with van der Waals surface area (Å²) in [6, 6.07) is 4.06. The summed E-state index contributed by atoms with van der Waals surface area (Å²) in [5.41, 5.74) is 2.79. The van der Waals surface area contributed by atoms with Crippen LogP contribution in [0, 0.1) is 13.8 Å².